The highest BCUT2D eigenvalue weighted by Crippen LogP contribution is 2.28. The van der Waals surface area contributed by atoms with Crippen molar-refractivity contribution in [3.05, 3.63) is 35.0 Å². The van der Waals surface area contributed by atoms with Crippen LogP contribution in [0.3, 0.4) is 0 Å². The summed E-state index contributed by atoms with van der Waals surface area (Å²) in [5.74, 6) is 0.847. The molecule has 0 saturated carbocycles. The molecule has 2 unspecified atom stereocenters. The lowest BCUT2D eigenvalue weighted by molar-refractivity contribution is -0.132. The van der Waals surface area contributed by atoms with Crippen molar-refractivity contribution < 1.29 is 9.53 Å². The minimum Gasteiger partial charge on any atom is -0.493 e. The molecule has 0 bridgehead atoms. The van der Waals surface area contributed by atoms with Crippen LogP contribution >= 0.6 is 11.8 Å². The molecule has 0 aromatic rings. The van der Waals surface area contributed by atoms with Gasteiger partial charge >= 0.3 is 0 Å². The Labute approximate surface area is 170 Å². The number of nitrogens with zero attached hydrogens (tertiary/aromatic N) is 4. The number of piperidine rings is 1. The van der Waals surface area contributed by atoms with Gasteiger partial charge in [-0.1, -0.05) is 18.3 Å². The lowest BCUT2D eigenvalue weighted by Crippen LogP contribution is -2.67. The molecule has 3 aliphatic heterocycles. The van der Waals surface area contributed by atoms with E-state index >= 15 is 0 Å². The number of amides is 1. The number of nitriles is 1. The van der Waals surface area contributed by atoms with Gasteiger partial charge in [0.2, 0.25) is 5.91 Å². The number of ether oxygens (including phenoxy) is 1. The van der Waals surface area contributed by atoms with Gasteiger partial charge in [-0.15, -0.1) is 0 Å². The van der Waals surface area contributed by atoms with Crippen molar-refractivity contribution in [1.82, 2.24) is 15.1 Å². The van der Waals surface area contributed by atoms with Crippen LogP contribution in [-0.2, 0) is 9.53 Å². The molecule has 0 aliphatic carbocycles. The summed E-state index contributed by atoms with van der Waals surface area (Å²) >= 11 is 1.48. The fraction of sp³-hybridized carbons (Fsp3) is 0.550. The first kappa shape index (κ1) is 20.6. The van der Waals surface area contributed by atoms with Gasteiger partial charge in [0.05, 0.1) is 31.8 Å². The van der Waals surface area contributed by atoms with Crippen molar-refractivity contribution in [2.24, 2.45) is 4.99 Å². The zero-order valence-electron chi connectivity index (χ0n) is 16.5. The number of thioether (sulfide) groups is 1. The summed E-state index contributed by atoms with van der Waals surface area (Å²) in [5, 5.41) is 13.1. The summed E-state index contributed by atoms with van der Waals surface area (Å²) in [6.45, 7) is 8.93. The van der Waals surface area contributed by atoms with Gasteiger partial charge in [-0.2, -0.15) is 5.26 Å². The molecule has 3 aliphatic rings. The van der Waals surface area contributed by atoms with Crippen molar-refractivity contribution in [3.63, 3.8) is 0 Å². The van der Waals surface area contributed by atoms with E-state index in [1.807, 2.05) is 24.0 Å². The maximum Gasteiger partial charge on any atom is 0.242 e. The normalized spacial score (nSPS) is 28.3. The summed E-state index contributed by atoms with van der Waals surface area (Å²) in [6.07, 6.45) is 5.69. The van der Waals surface area contributed by atoms with Crippen LogP contribution in [0.5, 0.6) is 0 Å². The number of fused-ring (bicyclic) bond motifs is 1. The first-order valence-corrected chi connectivity index (χ1v) is 10.3. The number of rotatable bonds is 3. The molecule has 28 heavy (non-hydrogen) atoms. The number of carbonyl (C=O) groups excluding carboxylic acids is 1. The van der Waals surface area contributed by atoms with Gasteiger partial charge in [-0.25, -0.2) is 0 Å². The van der Waals surface area contributed by atoms with Crippen molar-refractivity contribution in [3.8, 4) is 6.07 Å². The molecule has 3 heterocycles. The van der Waals surface area contributed by atoms with Gasteiger partial charge in [0.1, 0.15) is 5.76 Å². The van der Waals surface area contributed by atoms with Gasteiger partial charge in [-0.3, -0.25) is 19.6 Å². The third-order valence-electron chi connectivity index (χ3n) is 5.21. The van der Waals surface area contributed by atoms with E-state index in [9.17, 15) is 4.79 Å². The predicted molar refractivity (Wildman–Crippen MR) is 112 cm³/mol. The second kappa shape index (κ2) is 9.41. The Morgan fingerprint density at radius 1 is 1.57 bits per heavy atom. The largest absolute Gasteiger partial charge is 0.493 e. The summed E-state index contributed by atoms with van der Waals surface area (Å²) in [5.41, 5.74) is 1.01. The Kier molecular flexibility index (Phi) is 6.94. The number of carbonyl (C=O) groups is 1. The van der Waals surface area contributed by atoms with Gasteiger partial charge in [-0.05, 0) is 36.0 Å². The Bertz CT molecular complexity index is 767. The number of aliphatic imine (C=N–C) groups is 1. The van der Waals surface area contributed by atoms with Crippen LogP contribution in [0.4, 0.5) is 0 Å². The van der Waals surface area contributed by atoms with Crippen LogP contribution in [0, 0.1) is 11.3 Å². The number of likely N-dealkylation sites (tertiary alicyclic amines) is 1. The molecule has 3 fully saturated rings. The summed E-state index contributed by atoms with van der Waals surface area (Å²) in [7, 11) is 1.72. The molecule has 1 amide bonds. The molecular formula is C20H27N5O2S. The molecule has 2 atom stereocenters. The van der Waals surface area contributed by atoms with E-state index in [2.05, 4.69) is 27.9 Å². The van der Waals surface area contributed by atoms with Crippen LogP contribution in [-0.4, -0.2) is 72.8 Å². The summed E-state index contributed by atoms with van der Waals surface area (Å²) < 4.78 is 5.56. The van der Waals surface area contributed by atoms with Gasteiger partial charge in [0.25, 0.3) is 0 Å². The molecular weight excluding hydrogens is 374 g/mol. The topological polar surface area (TPSA) is 81.0 Å². The lowest BCUT2D eigenvalue weighted by atomic mass is 9.95. The fourth-order valence-corrected chi connectivity index (χ4v) is 4.58. The molecule has 150 valence electrons. The standard InChI is InChI=1S/C20H27N5O2S/c1-14-7-11-27-18(14)5-4-15(2)28-20(22-3)25-17-13-24(10-8-21)9-6-16(17)23-12-19(25)26/h4-5,16-17,23H,1,6-7,9-13H2,2-3H3/b15-4+,18-5+,22-20-. The van der Waals surface area contributed by atoms with Crippen LogP contribution in [0.25, 0.3) is 0 Å². The van der Waals surface area contributed by atoms with Crippen molar-refractivity contribution in [1.29, 1.82) is 5.26 Å². The number of hydrogen-bond donors (Lipinski definition) is 1. The maximum absolute atomic E-state index is 12.7. The van der Waals surface area contributed by atoms with Crippen molar-refractivity contribution in [2.45, 2.75) is 31.8 Å². The second-order valence-corrected chi connectivity index (χ2v) is 8.33. The maximum atomic E-state index is 12.7. The fourth-order valence-electron chi connectivity index (χ4n) is 3.73. The van der Waals surface area contributed by atoms with Gasteiger partial charge in [0, 0.05) is 32.6 Å². The molecule has 1 N–H and O–H groups in total. The summed E-state index contributed by atoms with van der Waals surface area (Å²) in [4.78, 5) is 22.1. The van der Waals surface area contributed by atoms with E-state index in [0.29, 0.717) is 31.4 Å². The Morgan fingerprint density at radius 3 is 3.07 bits per heavy atom. The molecule has 7 nitrogen and oxygen atoms in total. The highest BCUT2D eigenvalue weighted by atomic mass is 32.2. The third kappa shape index (κ3) is 4.66. The monoisotopic (exact) mass is 401 g/mol. The third-order valence-corrected chi connectivity index (χ3v) is 6.23. The van der Waals surface area contributed by atoms with Crippen LogP contribution in [0.1, 0.15) is 19.8 Å². The number of piperazine rings is 1. The van der Waals surface area contributed by atoms with E-state index in [4.69, 9.17) is 10.00 Å². The van der Waals surface area contributed by atoms with Crippen molar-refractivity contribution >= 4 is 22.8 Å². The SMILES string of the molecule is C=C1CCO/C1=C/C=C(\C)S/C(=N\C)N1C(=O)CNC2CCN(CC#N)CC21. The predicted octanol–water partition coefficient (Wildman–Crippen LogP) is 1.87. The molecule has 3 rings (SSSR count). The van der Waals surface area contributed by atoms with E-state index in [0.717, 1.165) is 35.6 Å². The molecule has 0 aromatic heterocycles. The van der Waals surface area contributed by atoms with E-state index in [1.54, 1.807) is 7.05 Å². The van der Waals surface area contributed by atoms with Crippen LogP contribution in [0.2, 0.25) is 0 Å². The van der Waals surface area contributed by atoms with Crippen LogP contribution < -0.4 is 5.32 Å². The van der Waals surface area contributed by atoms with Crippen LogP contribution in [0.15, 0.2) is 40.0 Å². The minimum absolute atomic E-state index is 0.0151. The van der Waals surface area contributed by atoms with E-state index < -0.39 is 0 Å². The lowest BCUT2D eigenvalue weighted by Gasteiger charge is -2.47. The molecule has 0 spiro atoms. The Hall–Kier alpha value is -2.08. The Balaban J connectivity index is 1.74. The van der Waals surface area contributed by atoms with Gasteiger partial charge < -0.3 is 10.1 Å². The molecule has 8 heteroatoms. The smallest absolute Gasteiger partial charge is 0.242 e. The number of allylic oxidation sites excluding steroid dienone is 4. The first-order chi connectivity index (χ1) is 13.5. The molecule has 0 radical (unpaired) electrons. The highest BCUT2D eigenvalue weighted by molar-refractivity contribution is 8.17. The number of hydrogen-bond acceptors (Lipinski definition) is 7. The first-order valence-electron chi connectivity index (χ1n) is 9.52. The molecule has 3 saturated heterocycles. The second-order valence-electron chi connectivity index (χ2n) is 7.12. The number of nitrogens with one attached hydrogen (secondary N) is 1. The zero-order valence-corrected chi connectivity index (χ0v) is 17.3. The number of amidine groups is 1. The quantitative estimate of drug-likeness (QED) is 0.442. The summed E-state index contributed by atoms with van der Waals surface area (Å²) in [6, 6.07) is 2.43. The average molecular weight is 402 g/mol. The van der Waals surface area contributed by atoms with Gasteiger partial charge in [0.15, 0.2) is 5.17 Å². The van der Waals surface area contributed by atoms with Crippen molar-refractivity contribution in [2.75, 3.05) is 39.8 Å². The Morgan fingerprint density at radius 2 is 2.39 bits per heavy atom. The molecule has 0 aromatic carbocycles. The van der Waals surface area contributed by atoms with E-state index in [-0.39, 0.29) is 18.0 Å². The van der Waals surface area contributed by atoms with E-state index in [1.165, 1.54) is 11.8 Å². The highest BCUT2D eigenvalue weighted by Gasteiger charge is 2.41. The zero-order chi connectivity index (χ0) is 20.1. The average Bonchev–Trinajstić information content (AvgIpc) is 3.10. The minimum atomic E-state index is -0.0151.